The first-order valence-electron chi connectivity index (χ1n) is 6.39. The first-order chi connectivity index (χ1) is 9.97. The van der Waals surface area contributed by atoms with Crippen molar-refractivity contribution < 1.29 is 9.84 Å². The smallest absolute Gasteiger partial charge is 0.148 e. The Hall–Kier alpha value is -0.560. The van der Waals surface area contributed by atoms with E-state index in [-0.39, 0.29) is 6.61 Å². The van der Waals surface area contributed by atoms with Gasteiger partial charge in [-0.3, -0.25) is 4.68 Å². The van der Waals surface area contributed by atoms with Crippen LogP contribution in [0.4, 0.5) is 0 Å². The maximum absolute atomic E-state index is 9.18. The Kier molecular flexibility index (Phi) is 5.71. The number of benzene rings is 1. The highest BCUT2D eigenvalue weighted by atomic mass is 79.9. The lowest BCUT2D eigenvalue weighted by atomic mass is 10.2. The van der Waals surface area contributed by atoms with Crippen LogP contribution in [0.15, 0.2) is 21.1 Å². The Labute approximate surface area is 145 Å². The van der Waals surface area contributed by atoms with E-state index in [2.05, 4.69) is 37.0 Å². The van der Waals surface area contributed by atoms with Crippen LogP contribution >= 0.6 is 43.5 Å². The van der Waals surface area contributed by atoms with Gasteiger partial charge < -0.3 is 9.84 Å². The zero-order valence-corrected chi connectivity index (χ0v) is 15.6. The van der Waals surface area contributed by atoms with Crippen LogP contribution in [0.5, 0.6) is 5.75 Å². The summed E-state index contributed by atoms with van der Waals surface area (Å²) in [6.45, 7) is 2.31. The number of ether oxygens (including phenoxy) is 1. The van der Waals surface area contributed by atoms with E-state index >= 15 is 0 Å². The molecule has 1 heterocycles. The topological polar surface area (TPSA) is 47.3 Å². The molecule has 0 spiro atoms. The maximum atomic E-state index is 9.18. The molecule has 2 rings (SSSR count). The highest BCUT2D eigenvalue weighted by Crippen LogP contribution is 2.36. The monoisotopic (exact) mass is 436 g/mol. The molecule has 0 atom stereocenters. The van der Waals surface area contributed by atoms with Crippen molar-refractivity contribution >= 4 is 43.5 Å². The summed E-state index contributed by atoms with van der Waals surface area (Å²) in [7, 11) is 1.85. The van der Waals surface area contributed by atoms with E-state index in [0.717, 1.165) is 32.3 Å². The van der Waals surface area contributed by atoms with Crippen molar-refractivity contribution in [3.8, 4) is 5.75 Å². The summed E-state index contributed by atoms with van der Waals surface area (Å²) >= 11 is 13.2. The summed E-state index contributed by atoms with van der Waals surface area (Å²) in [5, 5.41) is 14.2. The normalized spacial score (nSPS) is 11.0. The quantitative estimate of drug-likeness (QED) is 0.760. The van der Waals surface area contributed by atoms with Crippen molar-refractivity contribution in [3.05, 3.63) is 43.1 Å². The fraction of sp³-hybridized carbons (Fsp3) is 0.357. The number of halogens is 3. The van der Waals surface area contributed by atoms with Gasteiger partial charge in [-0.05, 0) is 56.0 Å². The van der Waals surface area contributed by atoms with E-state index in [0.29, 0.717) is 17.4 Å². The first-order valence-corrected chi connectivity index (χ1v) is 8.36. The van der Waals surface area contributed by atoms with Crippen LogP contribution in [0.3, 0.4) is 0 Å². The van der Waals surface area contributed by atoms with Gasteiger partial charge in [-0.25, -0.2) is 0 Å². The Balaban J connectivity index is 2.23. The fourth-order valence-corrected chi connectivity index (χ4v) is 3.82. The van der Waals surface area contributed by atoms with Crippen molar-refractivity contribution in [1.82, 2.24) is 9.78 Å². The molecule has 0 fully saturated rings. The van der Waals surface area contributed by atoms with Gasteiger partial charge in [-0.15, -0.1) is 0 Å². The van der Waals surface area contributed by atoms with Gasteiger partial charge in [0.15, 0.2) is 0 Å². The minimum absolute atomic E-state index is 0.0229. The summed E-state index contributed by atoms with van der Waals surface area (Å²) in [6, 6.07) is 3.64. The molecule has 0 amide bonds. The van der Waals surface area contributed by atoms with Crippen molar-refractivity contribution in [3.63, 3.8) is 0 Å². The zero-order valence-electron chi connectivity index (χ0n) is 11.7. The van der Waals surface area contributed by atoms with Gasteiger partial charge in [0.05, 0.1) is 32.0 Å². The Morgan fingerprint density at radius 2 is 1.95 bits per heavy atom. The molecule has 0 saturated heterocycles. The summed E-state index contributed by atoms with van der Waals surface area (Å²) < 4.78 is 9.14. The number of hydrogen-bond donors (Lipinski definition) is 1. The molecule has 21 heavy (non-hydrogen) atoms. The Bertz CT molecular complexity index is 636. The van der Waals surface area contributed by atoms with Gasteiger partial charge in [0, 0.05) is 7.05 Å². The lowest BCUT2D eigenvalue weighted by Gasteiger charge is -2.12. The predicted molar refractivity (Wildman–Crippen MR) is 89.7 cm³/mol. The molecule has 114 valence electrons. The predicted octanol–water partition coefficient (Wildman–Crippen LogP) is 4.23. The molecule has 0 aliphatic heterocycles. The Morgan fingerprint density at radius 3 is 2.43 bits per heavy atom. The number of aliphatic hydroxyl groups is 1. The highest BCUT2D eigenvalue weighted by molar-refractivity contribution is 9.11. The summed E-state index contributed by atoms with van der Waals surface area (Å²) in [6.07, 6.45) is 0.783. The molecule has 1 N–H and O–H groups in total. The third kappa shape index (κ3) is 3.62. The molecule has 0 aliphatic carbocycles. The SMILES string of the molecule is CCc1nn(C)c(COc2c(Br)cc(CO)cc2Br)c1Cl. The van der Waals surface area contributed by atoms with E-state index < -0.39 is 0 Å². The number of aromatic nitrogens is 2. The first kappa shape index (κ1) is 16.8. The average molecular weight is 439 g/mol. The van der Waals surface area contributed by atoms with Gasteiger partial charge in [-0.2, -0.15) is 5.10 Å². The molecule has 2 aromatic rings. The number of rotatable bonds is 5. The van der Waals surface area contributed by atoms with Crippen molar-refractivity contribution in [1.29, 1.82) is 0 Å². The zero-order chi connectivity index (χ0) is 15.6. The number of aryl methyl sites for hydroxylation is 2. The summed E-state index contributed by atoms with van der Waals surface area (Å²) in [5.41, 5.74) is 2.50. The number of nitrogens with zero attached hydrogens (tertiary/aromatic N) is 2. The van der Waals surface area contributed by atoms with E-state index in [1.165, 1.54) is 0 Å². The van der Waals surface area contributed by atoms with Crippen molar-refractivity contribution in [2.75, 3.05) is 0 Å². The summed E-state index contributed by atoms with van der Waals surface area (Å²) in [4.78, 5) is 0. The molecule has 0 saturated carbocycles. The molecular weight excluding hydrogens is 423 g/mol. The largest absolute Gasteiger partial charge is 0.485 e. The molecule has 0 aliphatic rings. The van der Waals surface area contributed by atoms with Gasteiger partial charge in [-0.1, -0.05) is 18.5 Å². The number of hydrogen-bond acceptors (Lipinski definition) is 3. The number of aliphatic hydroxyl groups excluding tert-OH is 1. The molecule has 0 unspecified atom stereocenters. The molecule has 7 heteroatoms. The van der Waals surface area contributed by atoms with E-state index in [1.54, 1.807) is 4.68 Å². The van der Waals surface area contributed by atoms with E-state index in [9.17, 15) is 5.11 Å². The minimum Gasteiger partial charge on any atom is -0.485 e. The second-order valence-electron chi connectivity index (χ2n) is 4.52. The standard InChI is InChI=1S/C14H15Br2ClN2O2/c1-3-11-13(17)12(19(2)18-11)7-21-14-9(15)4-8(6-20)5-10(14)16/h4-5,20H,3,6-7H2,1-2H3. The maximum Gasteiger partial charge on any atom is 0.148 e. The molecular formula is C14H15Br2ClN2O2. The van der Waals surface area contributed by atoms with E-state index in [1.807, 2.05) is 26.1 Å². The van der Waals surface area contributed by atoms with Crippen LogP contribution in [0.2, 0.25) is 5.02 Å². The van der Waals surface area contributed by atoms with Crippen molar-refractivity contribution in [2.45, 2.75) is 26.6 Å². The fourth-order valence-electron chi connectivity index (χ4n) is 1.96. The second-order valence-corrected chi connectivity index (χ2v) is 6.61. The van der Waals surface area contributed by atoms with Gasteiger partial charge >= 0.3 is 0 Å². The minimum atomic E-state index is -0.0229. The van der Waals surface area contributed by atoms with E-state index in [4.69, 9.17) is 16.3 Å². The Morgan fingerprint density at radius 1 is 1.33 bits per heavy atom. The molecule has 0 radical (unpaired) electrons. The van der Waals surface area contributed by atoms with Crippen LogP contribution in [-0.2, 0) is 26.7 Å². The molecule has 0 bridgehead atoms. The van der Waals surface area contributed by atoms with Gasteiger partial charge in [0.2, 0.25) is 0 Å². The average Bonchev–Trinajstić information content (AvgIpc) is 2.72. The van der Waals surface area contributed by atoms with Crippen LogP contribution in [-0.4, -0.2) is 14.9 Å². The van der Waals surface area contributed by atoms with Crippen molar-refractivity contribution in [2.24, 2.45) is 7.05 Å². The van der Waals surface area contributed by atoms with Gasteiger partial charge in [0.1, 0.15) is 12.4 Å². The highest BCUT2D eigenvalue weighted by Gasteiger charge is 2.15. The lowest BCUT2D eigenvalue weighted by Crippen LogP contribution is -2.04. The van der Waals surface area contributed by atoms with Gasteiger partial charge in [0.25, 0.3) is 0 Å². The van der Waals surface area contributed by atoms with Crippen LogP contribution < -0.4 is 4.74 Å². The lowest BCUT2D eigenvalue weighted by molar-refractivity contribution is 0.279. The third-order valence-corrected chi connectivity index (χ3v) is 4.71. The second kappa shape index (κ2) is 7.13. The van der Waals surface area contributed by atoms with Crippen LogP contribution in [0.25, 0.3) is 0 Å². The third-order valence-electron chi connectivity index (χ3n) is 3.10. The van der Waals surface area contributed by atoms with Crippen LogP contribution in [0, 0.1) is 0 Å². The van der Waals surface area contributed by atoms with Crippen LogP contribution in [0.1, 0.15) is 23.9 Å². The molecule has 4 nitrogen and oxygen atoms in total. The summed E-state index contributed by atoms with van der Waals surface area (Å²) in [5.74, 6) is 0.669. The molecule has 1 aromatic carbocycles. The molecule has 1 aromatic heterocycles.